The zero-order valence-corrected chi connectivity index (χ0v) is 11.6. The average Bonchev–Trinajstić information content (AvgIpc) is 2.62. The molecule has 0 bridgehead atoms. The molecule has 2 rings (SSSR count). The molecule has 6 heteroatoms. The number of methoxy groups -OCH3 is 1. The Kier molecular flexibility index (Phi) is 4.37. The molecule has 1 aromatic heterocycles. The van der Waals surface area contributed by atoms with Crippen molar-refractivity contribution in [3.8, 4) is 0 Å². The lowest BCUT2D eigenvalue weighted by Crippen LogP contribution is -2.00. The summed E-state index contributed by atoms with van der Waals surface area (Å²) in [6, 6.07) is 2.98. The molecule has 0 atom stereocenters. The fourth-order valence-corrected chi connectivity index (χ4v) is 2.35. The van der Waals surface area contributed by atoms with E-state index in [9.17, 15) is 4.39 Å². The minimum Gasteiger partial charge on any atom is -0.385 e. The largest absolute Gasteiger partial charge is 0.385 e. The number of aryl methyl sites for hydroxylation is 1. The van der Waals surface area contributed by atoms with Gasteiger partial charge in [0.25, 0.3) is 0 Å². The predicted molar refractivity (Wildman–Crippen MR) is 73.2 cm³/mol. The van der Waals surface area contributed by atoms with E-state index >= 15 is 0 Å². The predicted octanol–water partition coefficient (Wildman–Crippen LogP) is 3.92. The van der Waals surface area contributed by atoms with Crippen molar-refractivity contribution in [3.63, 3.8) is 0 Å². The molecule has 0 amide bonds. The van der Waals surface area contributed by atoms with Crippen molar-refractivity contribution in [3.05, 3.63) is 27.7 Å². The van der Waals surface area contributed by atoms with Gasteiger partial charge in [-0.1, -0.05) is 11.6 Å². The monoisotopic (exact) mass is 288 g/mol. The van der Waals surface area contributed by atoms with E-state index in [-0.39, 0.29) is 5.02 Å². The fraction of sp³-hybridized carbons (Fsp3) is 0.417. The minimum absolute atomic E-state index is 0.102. The highest BCUT2D eigenvalue weighted by molar-refractivity contribution is 7.71. The lowest BCUT2D eigenvalue weighted by atomic mass is 10.3. The normalized spacial score (nSPS) is 11.3. The van der Waals surface area contributed by atoms with Crippen LogP contribution in [0.1, 0.15) is 12.8 Å². The second-order valence-electron chi connectivity index (χ2n) is 4.07. The second-order valence-corrected chi connectivity index (χ2v) is 4.86. The number of hydrogen-bond donors (Lipinski definition) is 1. The van der Waals surface area contributed by atoms with Gasteiger partial charge in [-0.15, -0.1) is 0 Å². The summed E-state index contributed by atoms with van der Waals surface area (Å²) in [6.07, 6.45) is 1.88. The van der Waals surface area contributed by atoms with Crippen LogP contribution in [-0.4, -0.2) is 23.3 Å². The molecule has 1 N–H and O–H groups in total. The lowest BCUT2D eigenvalue weighted by molar-refractivity contribution is 0.191. The molecule has 1 heterocycles. The summed E-state index contributed by atoms with van der Waals surface area (Å²) in [5, 5.41) is 0.102. The molecule has 98 valence electrons. The van der Waals surface area contributed by atoms with Gasteiger partial charge in [-0.2, -0.15) is 0 Å². The number of unbranched alkanes of at least 4 members (excludes halogenated alkanes) is 1. The Bertz CT molecular complexity index is 608. The van der Waals surface area contributed by atoms with Crippen LogP contribution in [0.5, 0.6) is 0 Å². The number of aromatic nitrogens is 2. The van der Waals surface area contributed by atoms with Crippen LogP contribution in [0, 0.1) is 10.6 Å². The first-order chi connectivity index (χ1) is 8.63. The molecule has 1 aromatic carbocycles. The maximum Gasteiger partial charge on any atom is 0.178 e. The number of rotatable bonds is 5. The summed E-state index contributed by atoms with van der Waals surface area (Å²) in [7, 11) is 1.68. The smallest absolute Gasteiger partial charge is 0.178 e. The van der Waals surface area contributed by atoms with Crippen LogP contribution in [0.3, 0.4) is 0 Å². The third kappa shape index (κ3) is 2.74. The van der Waals surface area contributed by atoms with Gasteiger partial charge in [0.05, 0.1) is 16.1 Å². The number of nitrogens with one attached hydrogen (secondary N) is 1. The van der Waals surface area contributed by atoms with E-state index in [1.54, 1.807) is 13.2 Å². The summed E-state index contributed by atoms with van der Waals surface area (Å²) in [5.41, 5.74) is 1.51. The third-order valence-corrected chi connectivity index (χ3v) is 3.41. The number of hydrogen-bond acceptors (Lipinski definition) is 2. The van der Waals surface area contributed by atoms with Gasteiger partial charge >= 0.3 is 0 Å². The third-order valence-electron chi connectivity index (χ3n) is 2.80. The number of aromatic amines is 1. The summed E-state index contributed by atoms with van der Waals surface area (Å²) >= 11 is 11.0. The molecule has 3 nitrogen and oxygen atoms in total. The van der Waals surface area contributed by atoms with Gasteiger partial charge in [-0.25, -0.2) is 4.39 Å². The number of H-pyrrole nitrogens is 1. The van der Waals surface area contributed by atoms with Gasteiger partial charge in [-0.05, 0) is 31.1 Å². The number of nitrogens with zero attached hydrogens (tertiary/aromatic N) is 1. The number of imidazole rings is 1. The Hall–Kier alpha value is -0.910. The molecule has 0 radical (unpaired) electrons. The quantitative estimate of drug-likeness (QED) is 0.668. The Labute approximate surface area is 115 Å². The first-order valence-electron chi connectivity index (χ1n) is 5.70. The second kappa shape index (κ2) is 5.82. The van der Waals surface area contributed by atoms with Gasteiger partial charge < -0.3 is 14.3 Å². The van der Waals surface area contributed by atoms with Crippen LogP contribution in [0.25, 0.3) is 11.0 Å². The van der Waals surface area contributed by atoms with Crippen molar-refractivity contribution < 1.29 is 9.13 Å². The number of halogens is 2. The zero-order chi connectivity index (χ0) is 13.1. The van der Waals surface area contributed by atoms with E-state index in [2.05, 4.69) is 4.98 Å². The van der Waals surface area contributed by atoms with Crippen LogP contribution in [0.4, 0.5) is 4.39 Å². The van der Waals surface area contributed by atoms with Gasteiger partial charge in [0, 0.05) is 26.3 Å². The van der Waals surface area contributed by atoms with E-state index in [0.29, 0.717) is 4.77 Å². The minimum atomic E-state index is -0.427. The SMILES string of the molecule is COCCCCn1c(=S)[nH]c2cc(Cl)c(F)cc21. The molecule has 0 unspecified atom stereocenters. The Morgan fingerprint density at radius 1 is 1.44 bits per heavy atom. The maximum absolute atomic E-state index is 13.5. The van der Waals surface area contributed by atoms with Crippen LogP contribution >= 0.6 is 23.8 Å². The van der Waals surface area contributed by atoms with Gasteiger partial charge in [-0.3, -0.25) is 0 Å². The molecule has 0 aliphatic rings. The van der Waals surface area contributed by atoms with Crippen molar-refractivity contribution in [1.29, 1.82) is 0 Å². The Balaban J connectivity index is 2.29. The van der Waals surface area contributed by atoms with Crippen molar-refractivity contribution in [2.75, 3.05) is 13.7 Å². The number of fused-ring (bicyclic) bond motifs is 1. The van der Waals surface area contributed by atoms with E-state index < -0.39 is 5.82 Å². The fourth-order valence-electron chi connectivity index (χ4n) is 1.89. The zero-order valence-electron chi connectivity index (χ0n) is 10.0. The van der Waals surface area contributed by atoms with Gasteiger partial charge in [0.15, 0.2) is 4.77 Å². The van der Waals surface area contributed by atoms with Crippen LogP contribution < -0.4 is 0 Å². The summed E-state index contributed by atoms with van der Waals surface area (Å²) in [5.74, 6) is -0.427. The first kappa shape index (κ1) is 13.5. The lowest BCUT2D eigenvalue weighted by Gasteiger charge is -2.04. The van der Waals surface area contributed by atoms with Crippen molar-refractivity contribution in [2.24, 2.45) is 0 Å². The highest BCUT2D eigenvalue weighted by Crippen LogP contribution is 2.23. The standard InChI is InChI=1S/C12H14ClFN2OS/c1-17-5-3-2-4-16-11-7-9(14)8(13)6-10(11)15-12(16)18/h6-7H,2-5H2,1H3,(H,15,18). The topological polar surface area (TPSA) is 29.9 Å². The van der Waals surface area contributed by atoms with E-state index in [1.807, 2.05) is 4.57 Å². The van der Waals surface area contributed by atoms with E-state index in [1.165, 1.54) is 6.07 Å². The molecule has 2 aromatic rings. The highest BCUT2D eigenvalue weighted by atomic mass is 35.5. The maximum atomic E-state index is 13.5. The van der Waals surface area contributed by atoms with Crippen molar-refractivity contribution in [2.45, 2.75) is 19.4 Å². The van der Waals surface area contributed by atoms with Crippen LogP contribution in [0.15, 0.2) is 12.1 Å². The summed E-state index contributed by atoms with van der Waals surface area (Å²) in [4.78, 5) is 3.03. The molecule has 0 fully saturated rings. The molecule has 0 spiro atoms. The van der Waals surface area contributed by atoms with Crippen molar-refractivity contribution in [1.82, 2.24) is 9.55 Å². The molecule has 0 aliphatic carbocycles. The van der Waals surface area contributed by atoms with Gasteiger partial charge in [0.1, 0.15) is 5.82 Å². The molecule has 0 aliphatic heterocycles. The molecular formula is C12H14ClFN2OS. The highest BCUT2D eigenvalue weighted by Gasteiger charge is 2.08. The van der Waals surface area contributed by atoms with Gasteiger partial charge in [0.2, 0.25) is 0 Å². The average molecular weight is 289 g/mol. The summed E-state index contributed by atoms with van der Waals surface area (Å²) < 4.78 is 20.9. The summed E-state index contributed by atoms with van der Waals surface area (Å²) in [6.45, 7) is 1.46. The Morgan fingerprint density at radius 2 is 2.22 bits per heavy atom. The molecule has 0 saturated carbocycles. The number of benzene rings is 1. The van der Waals surface area contributed by atoms with E-state index in [0.717, 1.165) is 37.0 Å². The Morgan fingerprint density at radius 3 is 2.94 bits per heavy atom. The van der Waals surface area contributed by atoms with E-state index in [4.69, 9.17) is 28.6 Å². The van der Waals surface area contributed by atoms with Crippen molar-refractivity contribution >= 4 is 34.9 Å². The van der Waals surface area contributed by atoms with Crippen LogP contribution in [-0.2, 0) is 11.3 Å². The molecule has 0 saturated heterocycles. The number of ether oxygens (including phenoxy) is 1. The molecular weight excluding hydrogens is 275 g/mol. The molecule has 18 heavy (non-hydrogen) atoms. The van der Waals surface area contributed by atoms with Crippen LogP contribution in [0.2, 0.25) is 5.02 Å². The first-order valence-corrected chi connectivity index (χ1v) is 6.48.